The smallest absolute Gasteiger partial charge is 0.355 e. The van der Waals surface area contributed by atoms with Crippen LogP contribution in [0.1, 0.15) is 11.1 Å². The summed E-state index contributed by atoms with van der Waals surface area (Å²) < 4.78 is 39.5. The zero-order chi connectivity index (χ0) is 18.1. The van der Waals surface area contributed by atoms with Crippen molar-refractivity contribution in [3.05, 3.63) is 59.9 Å². The highest BCUT2D eigenvalue weighted by Gasteiger charge is 2.29. The van der Waals surface area contributed by atoms with Crippen LogP contribution >= 0.6 is 24.0 Å². The topological polar surface area (TPSA) is 41.4 Å². The van der Waals surface area contributed by atoms with Gasteiger partial charge in [-0.05, 0) is 36.4 Å². The number of nitrogens with one attached hydrogen (secondary N) is 2. The van der Waals surface area contributed by atoms with E-state index in [0.29, 0.717) is 24.6 Å². The molecule has 8 heteroatoms. The minimum atomic E-state index is -4.33. The molecule has 140 valence electrons. The molecule has 1 aromatic heterocycles. The molecule has 0 amide bonds. The fraction of sp³-hybridized carbons (Fsp3) is 0.278. The van der Waals surface area contributed by atoms with Crippen LogP contribution in [-0.4, -0.2) is 30.7 Å². The molecule has 1 aromatic carbocycles. The van der Waals surface area contributed by atoms with Crippen LogP contribution in [0.4, 0.5) is 13.2 Å². The average molecular weight is 476 g/mol. The summed E-state index contributed by atoms with van der Waals surface area (Å²) in [7, 11) is 1.66. The second-order valence-corrected chi connectivity index (χ2v) is 5.15. The minimum Gasteiger partial charge on any atom is -0.355 e. The first kappa shape index (κ1) is 21.9. The van der Waals surface area contributed by atoms with Gasteiger partial charge in [-0.2, -0.15) is 13.2 Å². The lowest BCUT2D eigenvalue weighted by Gasteiger charge is -2.10. The van der Waals surface area contributed by atoms with Crippen molar-refractivity contribution in [3.8, 4) is 11.8 Å². The molecule has 2 aromatic rings. The Balaban J connectivity index is 0.00000338. The summed E-state index contributed by atoms with van der Waals surface area (Å²) in [5.41, 5.74) is -0.145. The number of hydrogen-bond donors (Lipinski definition) is 2. The van der Waals surface area contributed by atoms with E-state index in [-0.39, 0.29) is 24.0 Å². The van der Waals surface area contributed by atoms with Crippen molar-refractivity contribution < 1.29 is 13.2 Å². The fourth-order valence-corrected chi connectivity index (χ4v) is 2.06. The number of alkyl halides is 3. The number of nitrogens with zero attached hydrogens (tertiary/aromatic N) is 2. The second-order valence-electron chi connectivity index (χ2n) is 5.15. The Bertz CT molecular complexity index is 741. The van der Waals surface area contributed by atoms with Crippen molar-refractivity contribution in [1.82, 2.24) is 15.2 Å². The largest absolute Gasteiger partial charge is 0.416 e. The maximum Gasteiger partial charge on any atom is 0.416 e. The van der Waals surface area contributed by atoms with Crippen molar-refractivity contribution in [1.29, 1.82) is 0 Å². The predicted molar refractivity (Wildman–Crippen MR) is 108 cm³/mol. The Morgan fingerprint density at radius 3 is 2.35 bits per heavy atom. The Morgan fingerprint density at radius 1 is 1.12 bits per heavy atom. The summed E-state index contributed by atoms with van der Waals surface area (Å²) in [6.45, 7) is 1.86. The van der Waals surface area contributed by atoms with Gasteiger partial charge < -0.3 is 15.2 Å². The lowest BCUT2D eigenvalue weighted by atomic mass is 10.1. The third-order valence-corrected chi connectivity index (χ3v) is 3.34. The molecule has 0 aliphatic heterocycles. The molecular formula is C18H20F3IN4. The molecule has 26 heavy (non-hydrogen) atoms. The molecule has 2 N–H and O–H groups in total. The minimum absolute atomic E-state index is 0. The first-order valence-corrected chi connectivity index (χ1v) is 7.70. The summed E-state index contributed by atoms with van der Waals surface area (Å²) in [6, 6.07) is 8.70. The van der Waals surface area contributed by atoms with Crippen LogP contribution in [0.3, 0.4) is 0 Å². The van der Waals surface area contributed by atoms with E-state index in [2.05, 4.69) is 27.5 Å². The molecule has 0 radical (unpaired) electrons. The van der Waals surface area contributed by atoms with Crippen molar-refractivity contribution in [2.75, 3.05) is 20.1 Å². The van der Waals surface area contributed by atoms with E-state index < -0.39 is 11.7 Å². The Labute approximate surface area is 167 Å². The highest BCUT2D eigenvalue weighted by molar-refractivity contribution is 14.0. The van der Waals surface area contributed by atoms with Crippen LogP contribution in [0.25, 0.3) is 0 Å². The number of guanidine groups is 1. The van der Waals surface area contributed by atoms with Crippen LogP contribution in [-0.2, 0) is 12.7 Å². The molecule has 0 saturated carbocycles. The first-order chi connectivity index (χ1) is 12.0. The molecule has 0 saturated heterocycles. The van der Waals surface area contributed by atoms with E-state index in [1.807, 2.05) is 29.1 Å². The van der Waals surface area contributed by atoms with Crippen molar-refractivity contribution >= 4 is 29.9 Å². The highest BCUT2D eigenvalue weighted by atomic mass is 127. The molecule has 4 nitrogen and oxygen atoms in total. The van der Waals surface area contributed by atoms with Gasteiger partial charge in [0, 0.05) is 38.1 Å². The molecule has 0 aliphatic carbocycles. The SMILES string of the molecule is CN=C(NCC#Cc1ccc(C(F)(F)F)cc1)NCCn1cccc1.I. The lowest BCUT2D eigenvalue weighted by Crippen LogP contribution is -2.38. The molecule has 0 spiro atoms. The first-order valence-electron chi connectivity index (χ1n) is 7.70. The zero-order valence-electron chi connectivity index (χ0n) is 14.2. The molecular weight excluding hydrogens is 456 g/mol. The number of benzene rings is 1. The summed E-state index contributed by atoms with van der Waals surface area (Å²) in [6.07, 6.45) is -0.368. The lowest BCUT2D eigenvalue weighted by molar-refractivity contribution is -0.137. The van der Waals surface area contributed by atoms with Gasteiger partial charge in [0.15, 0.2) is 5.96 Å². The van der Waals surface area contributed by atoms with E-state index in [0.717, 1.165) is 18.7 Å². The second kappa shape index (κ2) is 10.8. The van der Waals surface area contributed by atoms with Crippen LogP contribution in [0, 0.1) is 11.8 Å². The average Bonchev–Trinajstić information content (AvgIpc) is 3.10. The summed E-state index contributed by atoms with van der Waals surface area (Å²) in [4.78, 5) is 4.08. The highest BCUT2D eigenvalue weighted by Crippen LogP contribution is 2.28. The van der Waals surface area contributed by atoms with Gasteiger partial charge in [-0.3, -0.25) is 4.99 Å². The molecule has 0 bridgehead atoms. The Kier molecular flexibility index (Phi) is 9.05. The number of hydrogen-bond acceptors (Lipinski definition) is 1. The fourth-order valence-electron chi connectivity index (χ4n) is 2.06. The predicted octanol–water partition coefficient (Wildman–Crippen LogP) is 3.34. The normalized spacial score (nSPS) is 11.2. The Hall–Kier alpha value is -2.15. The van der Waals surface area contributed by atoms with E-state index in [4.69, 9.17) is 0 Å². The standard InChI is InChI=1S/C18H19F3N4.HI/c1-22-17(24-11-14-25-12-2-3-13-25)23-10-4-5-15-6-8-16(9-7-15)18(19,20)21;/h2-3,6-9,12-13H,10-11,14H2,1H3,(H2,22,23,24);1H. The van der Waals surface area contributed by atoms with Gasteiger partial charge in [-0.1, -0.05) is 11.8 Å². The van der Waals surface area contributed by atoms with Crippen LogP contribution in [0.5, 0.6) is 0 Å². The molecule has 1 heterocycles. The van der Waals surface area contributed by atoms with Gasteiger partial charge >= 0.3 is 6.18 Å². The van der Waals surface area contributed by atoms with Gasteiger partial charge in [-0.25, -0.2) is 0 Å². The third-order valence-electron chi connectivity index (χ3n) is 3.34. The van der Waals surface area contributed by atoms with Gasteiger partial charge in [0.2, 0.25) is 0 Å². The monoisotopic (exact) mass is 476 g/mol. The van der Waals surface area contributed by atoms with Crippen molar-refractivity contribution in [3.63, 3.8) is 0 Å². The molecule has 2 rings (SSSR count). The zero-order valence-corrected chi connectivity index (χ0v) is 16.5. The van der Waals surface area contributed by atoms with E-state index in [9.17, 15) is 13.2 Å². The number of rotatable bonds is 4. The van der Waals surface area contributed by atoms with Gasteiger partial charge in [-0.15, -0.1) is 24.0 Å². The molecule has 0 aliphatic rings. The van der Waals surface area contributed by atoms with E-state index in [1.54, 1.807) is 7.05 Å². The van der Waals surface area contributed by atoms with Crippen LogP contribution < -0.4 is 10.6 Å². The third kappa shape index (κ3) is 7.39. The maximum absolute atomic E-state index is 12.5. The van der Waals surface area contributed by atoms with Crippen LogP contribution in [0.15, 0.2) is 53.8 Å². The summed E-state index contributed by atoms with van der Waals surface area (Å²) in [5.74, 6) is 6.29. The van der Waals surface area contributed by atoms with Crippen molar-refractivity contribution in [2.45, 2.75) is 12.7 Å². The Morgan fingerprint density at radius 2 is 1.77 bits per heavy atom. The molecule has 0 atom stereocenters. The van der Waals surface area contributed by atoms with Crippen molar-refractivity contribution in [2.24, 2.45) is 4.99 Å². The van der Waals surface area contributed by atoms with Gasteiger partial charge in [0.1, 0.15) is 0 Å². The number of aromatic nitrogens is 1. The van der Waals surface area contributed by atoms with Gasteiger partial charge in [0.05, 0.1) is 12.1 Å². The quantitative estimate of drug-likeness (QED) is 0.308. The maximum atomic E-state index is 12.5. The number of aliphatic imine (C=N–C) groups is 1. The van der Waals surface area contributed by atoms with E-state index in [1.165, 1.54) is 12.1 Å². The van der Waals surface area contributed by atoms with E-state index >= 15 is 0 Å². The molecule has 0 unspecified atom stereocenters. The number of halogens is 4. The van der Waals surface area contributed by atoms with Gasteiger partial charge in [0.25, 0.3) is 0 Å². The molecule has 0 fully saturated rings. The summed E-state index contributed by atoms with van der Waals surface area (Å²) >= 11 is 0. The van der Waals surface area contributed by atoms with Crippen LogP contribution in [0.2, 0.25) is 0 Å². The summed E-state index contributed by atoms with van der Waals surface area (Å²) in [5, 5.41) is 6.19.